The lowest BCUT2D eigenvalue weighted by Crippen LogP contribution is -2.48. The molecule has 2 aliphatic rings. The summed E-state index contributed by atoms with van der Waals surface area (Å²) in [5.74, 6) is 0.416. The minimum absolute atomic E-state index is 0.0971. The first-order valence-electron chi connectivity index (χ1n) is 7.47. The van der Waals surface area contributed by atoms with Crippen LogP contribution in [0.2, 0.25) is 0 Å². The fraction of sp³-hybridized carbons (Fsp3) is 0.533. The molecule has 120 valence electrons. The Balaban J connectivity index is 1.77. The van der Waals surface area contributed by atoms with Crippen LogP contribution in [0.3, 0.4) is 0 Å². The van der Waals surface area contributed by atoms with Crippen molar-refractivity contribution < 1.29 is 13.2 Å². The molecular weight excluding hydrogens is 302 g/mol. The van der Waals surface area contributed by atoms with Crippen LogP contribution < -0.4 is 14.9 Å². The maximum atomic E-state index is 12.2. The fourth-order valence-electron chi connectivity index (χ4n) is 3.08. The molecule has 22 heavy (non-hydrogen) atoms. The molecule has 6 nitrogen and oxygen atoms in total. The van der Waals surface area contributed by atoms with Crippen molar-refractivity contribution in [3.05, 3.63) is 29.3 Å². The van der Waals surface area contributed by atoms with E-state index in [-0.39, 0.29) is 11.9 Å². The van der Waals surface area contributed by atoms with Gasteiger partial charge in [0.05, 0.1) is 11.9 Å². The first-order chi connectivity index (χ1) is 10.4. The third kappa shape index (κ3) is 2.83. The minimum atomic E-state index is -3.29. The Bertz CT molecular complexity index is 698. The second-order valence-electron chi connectivity index (χ2n) is 6.19. The zero-order valence-electron chi connectivity index (χ0n) is 12.8. The van der Waals surface area contributed by atoms with Crippen LogP contribution >= 0.6 is 0 Å². The number of fused-ring (bicyclic) bond motifs is 1. The largest absolute Gasteiger partial charge is 0.352 e. The molecule has 1 atom stereocenters. The number of nitrogens with zero attached hydrogens (tertiary/aromatic N) is 1. The van der Waals surface area contributed by atoms with Gasteiger partial charge in [0, 0.05) is 37.2 Å². The molecule has 7 heteroatoms. The van der Waals surface area contributed by atoms with E-state index in [1.165, 1.54) is 10.6 Å². The molecule has 1 fully saturated rings. The molecule has 1 aromatic rings. The topological polar surface area (TPSA) is 78.5 Å². The standard InChI is InChI=1S/C15H21N3O3S/c1-10-5-13-6-12(15(19)17-9-11-7-16-8-11)3-4-14(13)18(10)22(2,20)21/h3-4,6,10-11,16H,5,7-9H2,1-2H3,(H,17,19). The van der Waals surface area contributed by atoms with Gasteiger partial charge in [-0.05, 0) is 37.1 Å². The van der Waals surface area contributed by atoms with Gasteiger partial charge in [-0.1, -0.05) is 0 Å². The zero-order valence-corrected chi connectivity index (χ0v) is 13.6. The van der Waals surface area contributed by atoms with Gasteiger partial charge in [0.25, 0.3) is 5.91 Å². The van der Waals surface area contributed by atoms with Gasteiger partial charge in [-0.15, -0.1) is 0 Å². The summed E-state index contributed by atoms with van der Waals surface area (Å²) in [7, 11) is -3.29. The second kappa shape index (κ2) is 5.55. The van der Waals surface area contributed by atoms with Gasteiger partial charge in [-0.2, -0.15) is 0 Å². The smallest absolute Gasteiger partial charge is 0.251 e. The number of carbonyl (C=O) groups excluding carboxylic acids is 1. The number of anilines is 1. The highest BCUT2D eigenvalue weighted by atomic mass is 32.2. The first kappa shape index (κ1) is 15.3. The van der Waals surface area contributed by atoms with Crippen molar-refractivity contribution in [1.29, 1.82) is 0 Å². The number of amides is 1. The lowest BCUT2D eigenvalue weighted by molar-refractivity contribution is 0.0942. The maximum absolute atomic E-state index is 12.2. The summed E-state index contributed by atoms with van der Waals surface area (Å²) in [5, 5.41) is 6.10. The van der Waals surface area contributed by atoms with Crippen molar-refractivity contribution in [1.82, 2.24) is 10.6 Å². The maximum Gasteiger partial charge on any atom is 0.251 e. The van der Waals surface area contributed by atoms with E-state index in [9.17, 15) is 13.2 Å². The summed E-state index contributed by atoms with van der Waals surface area (Å²) in [5.41, 5.74) is 2.19. The molecule has 0 saturated carbocycles. The van der Waals surface area contributed by atoms with E-state index in [0.717, 1.165) is 18.7 Å². The quantitative estimate of drug-likeness (QED) is 0.838. The van der Waals surface area contributed by atoms with Crippen molar-refractivity contribution in [2.24, 2.45) is 5.92 Å². The average Bonchev–Trinajstić information content (AvgIpc) is 2.71. The molecule has 3 rings (SSSR count). The lowest BCUT2D eigenvalue weighted by Gasteiger charge is -2.27. The molecule has 0 spiro atoms. The number of benzene rings is 1. The first-order valence-corrected chi connectivity index (χ1v) is 9.32. The second-order valence-corrected chi connectivity index (χ2v) is 8.05. The Morgan fingerprint density at radius 3 is 2.73 bits per heavy atom. The van der Waals surface area contributed by atoms with Gasteiger partial charge < -0.3 is 10.6 Å². The molecular formula is C15H21N3O3S. The van der Waals surface area contributed by atoms with Crippen LogP contribution in [0.25, 0.3) is 0 Å². The lowest BCUT2D eigenvalue weighted by atomic mass is 10.0. The van der Waals surface area contributed by atoms with Crippen LogP contribution in [-0.2, 0) is 16.4 Å². The minimum Gasteiger partial charge on any atom is -0.352 e. The molecule has 1 saturated heterocycles. The molecule has 0 aliphatic carbocycles. The van der Waals surface area contributed by atoms with Gasteiger partial charge >= 0.3 is 0 Å². The summed E-state index contributed by atoms with van der Waals surface area (Å²) in [6.07, 6.45) is 1.85. The van der Waals surface area contributed by atoms with Crippen molar-refractivity contribution in [2.45, 2.75) is 19.4 Å². The molecule has 1 unspecified atom stereocenters. The molecule has 0 radical (unpaired) electrons. The summed E-state index contributed by atoms with van der Waals surface area (Å²) in [6.45, 7) is 4.45. The molecule has 2 N–H and O–H groups in total. The predicted octanol–water partition coefficient (Wildman–Crippen LogP) is 0.346. The highest BCUT2D eigenvalue weighted by Gasteiger charge is 2.32. The summed E-state index contributed by atoms with van der Waals surface area (Å²) in [6, 6.07) is 5.14. The van der Waals surface area contributed by atoms with E-state index < -0.39 is 10.0 Å². The van der Waals surface area contributed by atoms with E-state index in [1.54, 1.807) is 12.1 Å². The number of hydrogen-bond acceptors (Lipinski definition) is 4. The molecule has 1 aromatic carbocycles. The monoisotopic (exact) mass is 323 g/mol. The van der Waals surface area contributed by atoms with Gasteiger partial charge in [0.2, 0.25) is 10.0 Å². The van der Waals surface area contributed by atoms with Crippen LogP contribution in [0.1, 0.15) is 22.8 Å². The van der Waals surface area contributed by atoms with E-state index in [0.29, 0.717) is 30.1 Å². The van der Waals surface area contributed by atoms with E-state index in [2.05, 4.69) is 10.6 Å². The van der Waals surface area contributed by atoms with Gasteiger partial charge in [0.1, 0.15) is 0 Å². The van der Waals surface area contributed by atoms with Crippen molar-refractivity contribution in [3.63, 3.8) is 0 Å². The summed E-state index contributed by atoms with van der Waals surface area (Å²) < 4.78 is 25.2. The van der Waals surface area contributed by atoms with E-state index in [1.807, 2.05) is 13.0 Å². The van der Waals surface area contributed by atoms with Gasteiger partial charge in [0.15, 0.2) is 0 Å². The van der Waals surface area contributed by atoms with Crippen molar-refractivity contribution in [3.8, 4) is 0 Å². The van der Waals surface area contributed by atoms with Crippen LogP contribution in [0.4, 0.5) is 5.69 Å². The summed E-state index contributed by atoms with van der Waals surface area (Å²) >= 11 is 0. The van der Waals surface area contributed by atoms with Crippen molar-refractivity contribution in [2.75, 3.05) is 30.2 Å². The van der Waals surface area contributed by atoms with Crippen molar-refractivity contribution >= 4 is 21.6 Å². The molecule has 2 aliphatic heterocycles. The Labute approximate surface area is 130 Å². The molecule has 2 heterocycles. The average molecular weight is 323 g/mol. The predicted molar refractivity (Wildman–Crippen MR) is 85.6 cm³/mol. The van der Waals surface area contributed by atoms with Crippen LogP contribution in [0, 0.1) is 5.92 Å². The number of hydrogen-bond donors (Lipinski definition) is 2. The highest BCUT2D eigenvalue weighted by molar-refractivity contribution is 7.92. The Kier molecular flexibility index (Phi) is 3.86. The summed E-state index contributed by atoms with van der Waals surface area (Å²) in [4.78, 5) is 12.2. The van der Waals surface area contributed by atoms with Crippen LogP contribution in [-0.4, -0.2) is 46.3 Å². The Morgan fingerprint density at radius 1 is 1.41 bits per heavy atom. The van der Waals surface area contributed by atoms with Gasteiger partial charge in [-0.25, -0.2) is 8.42 Å². The third-order valence-electron chi connectivity index (χ3n) is 4.27. The zero-order chi connectivity index (χ0) is 15.9. The third-order valence-corrected chi connectivity index (χ3v) is 5.54. The SMILES string of the molecule is CC1Cc2cc(C(=O)NCC3CNC3)ccc2N1S(C)(=O)=O. The number of nitrogens with one attached hydrogen (secondary N) is 2. The number of carbonyl (C=O) groups is 1. The molecule has 1 amide bonds. The Hall–Kier alpha value is -1.60. The van der Waals surface area contributed by atoms with E-state index in [4.69, 9.17) is 0 Å². The molecule has 0 bridgehead atoms. The Morgan fingerprint density at radius 2 is 2.14 bits per heavy atom. The van der Waals surface area contributed by atoms with E-state index >= 15 is 0 Å². The highest BCUT2D eigenvalue weighted by Crippen LogP contribution is 2.34. The normalized spacial score (nSPS) is 21.4. The number of rotatable bonds is 4. The number of sulfonamides is 1. The van der Waals surface area contributed by atoms with Crippen LogP contribution in [0.5, 0.6) is 0 Å². The fourth-order valence-corrected chi connectivity index (χ4v) is 4.34. The molecule has 0 aromatic heterocycles. The van der Waals surface area contributed by atoms with Crippen LogP contribution in [0.15, 0.2) is 18.2 Å². The van der Waals surface area contributed by atoms with Gasteiger partial charge in [-0.3, -0.25) is 9.10 Å².